The van der Waals surface area contributed by atoms with Crippen LogP contribution in [0.2, 0.25) is 5.02 Å². The average molecular weight is 259 g/mol. The summed E-state index contributed by atoms with van der Waals surface area (Å²) < 4.78 is -0.257. The highest BCUT2D eigenvalue weighted by atomic mass is 35.5. The number of hydrogen-bond donors (Lipinski definition) is 2. The Morgan fingerprint density at radius 3 is 2.81 bits per heavy atom. The molecule has 0 aliphatic carbocycles. The van der Waals surface area contributed by atoms with Crippen LogP contribution >= 0.6 is 23.4 Å². The van der Waals surface area contributed by atoms with E-state index in [4.69, 9.17) is 16.7 Å². The fourth-order valence-corrected chi connectivity index (χ4v) is 2.90. The molecule has 2 N–H and O–H groups in total. The molecule has 6 heteroatoms. The lowest BCUT2D eigenvalue weighted by atomic mass is 9.98. The number of pyridine rings is 1. The number of rotatable bonds is 4. The molecule has 1 fully saturated rings. The topological polar surface area (TPSA) is 62.2 Å². The first-order chi connectivity index (χ1) is 7.60. The third-order valence-corrected chi connectivity index (χ3v) is 3.93. The molecule has 16 heavy (non-hydrogen) atoms. The van der Waals surface area contributed by atoms with Crippen molar-refractivity contribution in [2.45, 2.75) is 16.2 Å². The zero-order valence-electron chi connectivity index (χ0n) is 8.44. The Balaban J connectivity index is 2.06. The minimum Gasteiger partial charge on any atom is -0.481 e. The van der Waals surface area contributed by atoms with Crippen LogP contribution in [-0.2, 0) is 4.79 Å². The fraction of sp³-hybridized carbons (Fsp3) is 0.400. The van der Waals surface area contributed by atoms with Gasteiger partial charge in [0.2, 0.25) is 0 Å². The summed E-state index contributed by atoms with van der Waals surface area (Å²) in [6, 6.07) is 3.58. The van der Waals surface area contributed by atoms with Crippen molar-refractivity contribution in [1.82, 2.24) is 10.3 Å². The van der Waals surface area contributed by atoms with Crippen molar-refractivity contribution < 1.29 is 9.90 Å². The van der Waals surface area contributed by atoms with Crippen molar-refractivity contribution in [2.75, 3.05) is 13.1 Å². The third kappa shape index (κ3) is 2.66. The van der Waals surface area contributed by atoms with E-state index in [0.29, 0.717) is 18.1 Å². The van der Waals surface area contributed by atoms with Crippen LogP contribution in [0, 0.1) is 0 Å². The third-order valence-electron chi connectivity index (χ3n) is 2.39. The van der Waals surface area contributed by atoms with Crippen LogP contribution in [0.4, 0.5) is 0 Å². The van der Waals surface area contributed by atoms with Gasteiger partial charge in [0.25, 0.3) is 0 Å². The lowest BCUT2D eigenvalue weighted by Crippen LogP contribution is -2.58. The molecule has 1 aromatic heterocycles. The van der Waals surface area contributed by atoms with Gasteiger partial charge in [0, 0.05) is 19.3 Å². The monoisotopic (exact) mass is 258 g/mol. The largest absolute Gasteiger partial charge is 0.481 e. The van der Waals surface area contributed by atoms with E-state index in [0.717, 1.165) is 5.03 Å². The van der Waals surface area contributed by atoms with Crippen molar-refractivity contribution in [3.63, 3.8) is 0 Å². The summed E-state index contributed by atoms with van der Waals surface area (Å²) in [4.78, 5) is 14.9. The van der Waals surface area contributed by atoms with Crippen molar-refractivity contribution in [1.29, 1.82) is 0 Å². The van der Waals surface area contributed by atoms with Crippen LogP contribution in [0.3, 0.4) is 0 Å². The van der Waals surface area contributed by atoms with E-state index in [9.17, 15) is 4.79 Å². The Morgan fingerprint density at radius 2 is 2.38 bits per heavy atom. The summed E-state index contributed by atoms with van der Waals surface area (Å²) in [5, 5.41) is 13.4. The minimum atomic E-state index is -0.775. The van der Waals surface area contributed by atoms with E-state index in [-0.39, 0.29) is 11.2 Å². The maximum atomic E-state index is 10.8. The van der Waals surface area contributed by atoms with Gasteiger partial charge in [-0.25, -0.2) is 4.98 Å². The van der Waals surface area contributed by atoms with E-state index in [1.54, 1.807) is 12.3 Å². The van der Waals surface area contributed by atoms with Gasteiger partial charge in [0.05, 0.1) is 21.2 Å². The van der Waals surface area contributed by atoms with Crippen LogP contribution in [0.25, 0.3) is 0 Å². The predicted octanol–water partition coefficient (Wildman–Crippen LogP) is 1.64. The lowest BCUT2D eigenvalue weighted by Gasteiger charge is -2.40. The van der Waals surface area contributed by atoms with Crippen LogP contribution < -0.4 is 5.32 Å². The number of hydrogen-bond acceptors (Lipinski definition) is 4. The molecule has 4 nitrogen and oxygen atoms in total. The molecule has 86 valence electrons. The average Bonchev–Trinajstić information content (AvgIpc) is 2.17. The summed E-state index contributed by atoms with van der Waals surface area (Å²) in [6.45, 7) is 1.41. The van der Waals surface area contributed by atoms with Crippen molar-refractivity contribution in [3.05, 3.63) is 23.4 Å². The number of carbonyl (C=O) groups is 1. The van der Waals surface area contributed by atoms with Gasteiger partial charge in [-0.2, -0.15) is 0 Å². The molecule has 0 amide bonds. The molecule has 0 atom stereocenters. The second-order valence-corrected chi connectivity index (χ2v) is 5.70. The SMILES string of the molecule is O=C(O)CC1(Sc2ccc(Cl)cn2)CNC1. The van der Waals surface area contributed by atoms with Gasteiger partial charge in [-0.05, 0) is 12.1 Å². The Kier molecular flexibility index (Phi) is 3.37. The molecular weight excluding hydrogens is 248 g/mol. The Labute approximate surface area is 102 Å². The maximum Gasteiger partial charge on any atom is 0.304 e. The van der Waals surface area contributed by atoms with Gasteiger partial charge in [-0.1, -0.05) is 23.4 Å². The van der Waals surface area contributed by atoms with Crippen LogP contribution in [-0.4, -0.2) is 33.9 Å². The van der Waals surface area contributed by atoms with Gasteiger partial charge in [0.1, 0.15) is 0 Å². The maximum absolute atomic E-state index is 10.8. The Hall–Kier alpha value is -0.780. The highest BCUT2D eigenvalue weighted by Crippen LogP contribution is 2.37. The normalized spacial score (nSPS) is 17.8. The quantitative estimate of drug-likeness (QED) is 0.860. The summed E-state index contributed by atoms with van der Waals surface area (Å²) >= 11 is 7.24. The van der Waals surface area contributed by atoms with Gasteiger partial charge < -0.3 is 10.4 Å². The smallest absolute Gasteiger partial charge is 0.304 e. The van der Waals surface area contributed by atoms with Crippen molar-refractivity contribution in [3.8, 4) is 0 Å². The number of nitrogens with one attached hydrogen (secondary N) is 1. The number of thioether (sulfide) groups is 1. The van der Waals surface area contributed by atoms with Crippen LogP contribution in [0.1, 0.15) is 6.42 Å². The fourth-order valence-electron chi connectivity index (χ4n) is 1.56. The number of aromatic nitrogens is 1. The van der Waals surface area contributed by atoms with Gasteiger partial charge >= 0.3 is 5.97 Å². The van der Waals surface area contributed by atoms with E-state index >= 15 is 0 Å². The molecule has 0 bridgehead atoms. The van der Waals surface area contributed by atoms with Gasteiger partial charge in [-0.15, -0.1) is 0 Å². The van der Waals surface area contributed by atoms with Crippen molar-refractivity contribution >= 4 is 29.3 Å². The molecule has 0 saturated carbocycles. The highest BCUT2D eigenvalue weighted by Gasteiger charge is 2.40. The minimum absolute atomic E-state index is 0.148. The molecule has 0 spiro atoms. The van der Waals surface area contributed by atoms with Gasteiger partial charge in [0.15, 0.2) is 0 Å². The molecule has 1 aliphatic heterocycles. The molecule has 1 saturated heterocycles. The number of nitrogens with zero attached hydrogens (tertiary/aromatic N) is 1. The first-order valence-corrected chi connectivity index (χ1v) is 6.02. The molecule has 1 aromatic rings. The number of halogens is 1. The number of aliphatic carboxylic acids is 1. The molecule has 0 radical (unpaired) electrons. The summed E-state index contributed by atoms with van der Waals surface area (Å²) in [5.41, 5.74) is 0. The number of carboxylic acid groups (broad SMARTS) is 1. The first kappa shape index (κ1) is 11.7. The zero-order chi connectivity index (χ0) is 11.6. The first-order valence-electron chi connectivity index (χ1n) is 4.83. The Bertz CT molecular complexity index is 392. The summed E-state index contributed by atoms with van der Waals surface area (Å²) in [7, 11) is 0. The second kappa shape index (κ2) is 4.61. The second-order valence-electron chi connectivity index (χ2n) is 3.77. The van der Waals surface area contributed by atoms with Crippen LogP contribution in [0.5, 0.6) is 0 Å². The van der Waals surface area contributed by atoms with Gasteiger partial charge in [-0.3, -0.25) is 4.79 Å². The van der Waals surface area contributed by atoms with Crippen LogP contribution in [0.15, 0.2) is 23.4 Å². The summed E-state index contributed by atoms with van der Waals surface area (Å²) in [5.74, 6) is -0.775. The van der Waals surface area contributed by atoms with E-state index < -0.39 is 5.97 Å². The molecule has 0 unspecified atom stereocenters. The molecular formula is C10H11ClN2O2S. The Morgan fingerprint density at radius 1 is 1.62 bits per heavy atom. The van der Waals surface area contributed by atoms with E-state index in [2.05, 4.69) is 10.3 Å². The molecule has 2 rings (SSSR count). The predicted molar refractivity (Wildman–Crippen MR) is 63.0 cm³/mol. The number of carboxylic acids is 1. The standard InChI is InChI=1S/C10H11ClN2O2S/c11-7-1-2-8(13-4-7)16-10(3-9(14)15)5-12-6-10/h1-2,4,12H,3,5-6H2,(H,14,15). The van der Waals surface area contributed by atoms with E-state index in [1.165, 1.54) is 11.8 Å². The lowest BCUT2D eigenvalue weighted by molar-refractivity contribution is -0.138. The highest BCUT2D eigenvalue weighted by molar-refractivity contribution is 8.00. The zero-order valence-corrected chi connectivity index (χ0v) is 10.0. The molecule has 0 aromatic carbocycles. The molecule has 1 aliphatic rings. The summed E-state index contributed by atoms with van der Waals surface area (Å²) in [6.07, 6.45) is 1.72. The van der Waals surface area contributed by atoms with E-state index in [1.807, 2.05) is 6.07 Å². The van der Waals surface area contributed by atoms with Crippen molar-refractivity contribution in [2.24, 2.45) is 0 Å². The molecule has 2 heterocycles.